The maximum atomic E-state index is 5.75. The lowest BCUT2D eigenvalue weighted by Crippen LogP contribution is -2.25. The molecule has 1 aromatic rings. The fourth-order valence-electron chi connectivity index (χ4n) is 5.70. The normalized spacial score (nSPS) is 26.1. The van der Waals surface area contributed by atoms with Crippen LogP contribution >= 0.6 is 0 Å². The van der Waals surface area contributed by atoms with Crippen molar-refractivity contribution < 1.29 is 4.74 Å². The zero-order valence-corrected chi connectivity index (χ0v) is 20.3. The molecule has 0 unspecified atom stereocenters. The number of hydrogen-bond donors (Lipinski definition) is 0. The van der Waals surface area contributed by atoms with Crippen LogP contribution in [0.3, 0.4) is 0 Å². The Morgan fingerprint density at radius 1 is 0.742 bits per heavy atom. The van der Waals surface area contributed by atoms with Crippen LogP contribution < -0.4 is 4.74 Å². The second-order valence-electron chi connectivity index (χ2n) is 10.2. The minimum atomic E-state index is 0.603. The summed E-state index contributed by atoms with van der Waals surface area (Å²) in [5.41, 5.74) is 1.13. The van der Waals surface area contributed by atoms with Gasteiger partial charge in [0.05, 0.1) is 6.61 Å². The SMILES string of the molecule is CCCCCCC1CCC(C2CCC(C#Cc3ccc(OCCCC)cc3)CC2)CC1. The summed E-state index contributed by atoms with van der Waals surface area (Å²) in [5.74, 6) is 11.6. The first-order valence-corrected chi connectivity index (χ1v) is 13.5. The van der Waals surface area contributed by atoms with Crippen LogP contribution in [0, 0.1) is 35.5 Å². The molecule has 0 saturated heterocycles. The Morgan fingerprint density at radius 3 is 2.03 bits per heavy atom. The maximum absolute atomic E-state index is 5.75. The van der Waals surface area contributed by atoms with Crippen LogP contribution in [-0.2, 0) is 0 Å². The molecule has 2 aliphatic carbocycles. The van der Waals surface area contributed by atoms with Crippen LogP contribution in [0.5, 0.6) is 5.75 Å². The van der Waals surface area contributed by atoms with Gasteiger partial charge in [0.15, 0.2) is 0 Å². The number of unbranched alkanes of at least 4 members (excludes halogenated alkanes) is 4. The fraction of sp³-hybridized carbons (Fsp3) is 0.733. The van der Waals surface area contributed by atoms with Crippen molar-refractivity contribution in [2.75, 3.05) is 6.61 Å². The van der Waals surface area contributed by atoms with E-state index in [0.717, 1.165) is 42.1 Å². The van der Waals surface area contributed by atoms with Gasteiger partial charge >= 0.3 is 0 Å². The van der Waals surface area contributed by atoms with E-state index in [1.807, 2.05) is 0 Å². The fourth-order valence-corrected chi connectivity index (χ4v) is 5.70. The molecule has 0 atom stereocenters. The highest BCUT2D eigenvalue weighted by Crippen LogP contribution is 2.42. The third-order valence-electron chi connectivity index (χ3n) is 7.84. The van der Waals surface area contributed by atoms with Gasteiger partial charge in [-0.3, -0.25) is 0 Å². The molecular formula is C30H46O. The zero-order valence-electron chi connectivity index (χ0n) is 20.3. The lowest BCUT2D eigenvalue weighted by atomic mass is 9.69. The monoisotopic (exact) mass is 422 g/mol. The molecule has 0 aromatic heterocycles. The molecule has 1 aromatic carbocycles. The average molecular weight is 423 g/mol. The number of hydrogen-bond acceptors (Lipinski definition) is 1. The summed E-state index contributed by atoms with van der Waals surface area (Å²) in [4.78, 5) is 0. The Hall–Kier alpha value is -1.42. The lowest BCUT2D eigenvalue weighted by molar-refractivity contribution is 0.153. The predicted octanol–water partition coefficient (Wildman–Crippen LogP) is 8.80. The Labute approximate surface area is 192 Å². The molecule has 0 bridgehead atoms. The smallest absolute Gasteiger partial charge is 0.119 e. The molecule has 1 heteroatoms. The molecule has 0 radical (unpaired) electrons. The van der Waals surface area contributed by atoms with E-state index in [0.29, 0.717) is 5.92 Å². The van der Waals surface area contributed by atoms with Crippen LogP contribution in [-0.4, -0.2) is 6.61 Å². The highest BCUT2D eigenvalue weighted by atomic mass is 16.5. The van der Waals surface area contributed by atoms with Gasteiger partial charge in [-0.2, -0.15) is 0 Å². The van der Waals surface area contributed by atoms with Crippen LogP contribution in [0.1, 0.15) is 116 Å². The first-order valence-electron chi connectivity index (χ1n) is 13.5. The molecule has 0 aliphatic heterocycles. The van der Waals surface area contributed by atoms with Crippen molar-refractivity contribution in [2.45, 2.75) is 110 Å². The summed E-state index contributed by atoms with van der Waals surface area (Å²) in [6.45, 7) is 5.31. The molecule has 0 amide bonds. The third kappa shape index (κ3) is 8.56. The van der Waals surface area contributed by atoms with Gasteiger partial charge in [0.1, 0.15) is 5.75 Å². The molecule has 2 saturated carbocycles. The summed E-state index contributed by atoms with van der Waals surface area (Å²) in [6.07, 6.45) is 21.0. The molecule has 0 spiro atoms. The van der Waals surface area contributed by atoms with Crippen molar-refractivity contribution >= 4 is 0 Å². The van der Waals surface area contributed by atoms with Gasteiger partial charge in [0.25, 0.3) is 0 Å². The molecule has 3 rings (SSSR count). The molecule has 2 fully saturated rings. The van der Waals surface area contributed by atoms with Crippen molar-refractivity contribution in [1.29, 1.82) is 0 Å². The Kier molecular flexibility index (Phi) is 10.8. The van der Waals surface area contributed by atoms with Gasteiger partial charge < -0.3 is 4.74 Å². The van der Waals surface area contributed by atoms with E-state index in [1.54, 1.807) is 0 Å². The second kappa shape index (κ2) is 13.9. The van der Waals surface area contributed by atoms with Crippen molar-refractivity contribution in [1.82, 2.24) is 0 Å². The maximum Gasteiger partial charge on any atom is 0.119 e. The molecule has 31 heavy (non-hydrogen) atoms. The van der Waals surface area contributed by atoms with E-state index in [1.165, 1.54) is 89.9 Å². The summed E-state index contributed by atoms with van der Waals surface area (Å²) in [5, 5.41) is 0. The van der Waals surface area contributed by atoms with E-state index >= 15 is 0 Å². The Morgan fingerprint density at radius 2 is 1.39 bits per heavy atom. The number of rotatable bonds is 10. The summed E-state index contributed by atoms with van der Waals surface area (Å²) in [6, 6.07) is 8.36. The van der Waals surface area contributed by atoms with Crippen molar-refractivity contribution in [2.24, 2.45) is 23.7 Å². The van der Waals surface area contributed by atoms with E-state index in [2.05, 4.69) is 50.0 Å². The predicted molar refractivity (Wildman–Crippen MR) is 133 cm³/mol. The molecular weight excluding hydrogens is 376 g/mol. The van der Waals surface area contributed by atoms with Crippen LogP contribution in [0.4, 0.5) is 0 Å². The molecule has 0 heterocycles. The second-order valence-corrected chi connectivity index (χ2v) is 10.2. The standard InChI is InChI=1S/C30H46O/c1-3-5-7-8-9-25-12-18-28(19-13-25)29-20-14-26(15-21-29)10-11-27-16-22-30(23-17-27)31-24-6-4-2/h16-17,22-23,25-26,28-29H,3-9,12-15,18-21,24H2,1-2H3. The Balaban J connectivity index is 1.34. The van der Waals surface area contributed by atoms with Crippen molar-refractivity contribution in [3.8, 4) is 17.6 Å². The summed E-state index contributed by atoms with van der Waals surface area (Å²) in [7, 11) is 0. The van der Waals surface area contributed by atoms with Gasteiger partial charge in [-0.1, -0.05) is 77.1 Å². The topological polar surface area (TPSA) is 9.23 Å². The van der Waals surface area contributed by atoms with Gasteiger partial charge in [-0.05, 0) is 87.0 Å². The summed E-state index contributed by atoms with van der Waals surface area (Å²) >= 11 is 0. The van der Waals surface area contributed by atoms with E-state index in [-0.39, 0.29) is 0 Å². The number of ether oxygens (including phenoxy) is 1. The Bertz CT molecular complexity index is 648. The van der Waals surface area contributed by atoms with Crippen molar-refractivity contribution in [3.63, 3.8) is 0 Å². The summed E-state index contributed by atoms with van der Waals surface area (Å²) < 4.78 is 5.75. The molecule has 172 valence electrons. The average Bonchev–Trinajstić information content (AvgIpc) is 2.82. The highest BCUT2D eigenvalue weighted by Gasteiger charge is 2.30. The van der Waals surface area contributed by atoms with Crippen LogP contribution in [0.2, 0.25) is 0 Å². The lowest BCUT2D eigenvalue weighted by Gasteiger charge is -2.37. The van der Waals surface area contributed by atoms with Crippen molar-refractivity contribution in [3.05, 3.63) is 29.8 Å². The van der Waals surface area contributed by atoms with Gasteiger partial charge in [0, 0.05) is 11.5 Å². The first-order chi connectivity index (χ1) is 15.3. The van der Waals surface area contributed by atoms with Crippen LogP contribution in [0.15, 0.2) is 24.3 Å². The minimum absolute atomic E-state index is 0.603. The molecule has 1 nitrogen and oxygen atoms in total. The molecule has 0 N–H and O–H groups in total. The third-order valence-corrected chi connectivity index (χ3v) is 7.84. The van der Waals surface area contributed by atoms with E-state index < -0.39 is 0 Å². The number of benzene rings is 1. The minimum Gasteiger partial charge on any atom is -0.494 e. The van der Waals surface area contributed by atoms with E-state index in [4.69, 9.17) is 4.74 Å². The zero-order chi connectivity index (χ0) is 21.7. The van der Waals surface area contributed by atoms with Crippen LogP contribution in [0.25, 0.3) is 0 Å². The quantitative estimate of drug-likeness (QED) is 0.270. The highest BCUT2D eigenvalue weighted by molar-refractivity contribution is 5.38. The molecule has 2 aliphatic rings. The van der Waals surface area contributed by atoms with E-state index in [9.17, 15) is 0 Å². The van der Waals surface area contributed by atoms with Gasteiger partial charge in [-0.15, -0.1) is 0 Å². The first kappa shape index (κ1) is 24.2. The largest absolute Gasteiger partial charge is 0.494 e. The van der Waals surface area contributed by atoms with Gasteiger partial charge in [0.2, 0.25) is 0 Å². The van der Waals surface area contributed by atoms with Gasteiger partial charge in [-0.25, -0.2) is 0 Å².